The number of nitrogens with zero attached hydrogens (tertiary/aromatic N) is 6. The Morgan fingerprint density at radius 1 is 0.962 bits per heavy atom. The van der Waals surface area contributed by atoms with E-state index in [1.807, 2.05) is 54.6 Å². The van der Waals surface area contributed by atoms with Crippen molar-refractivity contribution in [3.05, 3.63) is 72.3 Å². The quantitative estimate of drug-likeness (QED) is 0.472. The number of halogens is 1. The van der Waals surface area contributed by atoms with E-state index in [-0.39, 0.29) is 0 Å². The van der Waals surface area contributed by atoms with Crippen LogP contribution in [0.3, 0.4) is 0 Å². The summed E-state index contributed by atoms with van der Waals surface area (Å²) < 4.78 is 3.87. The van der Waals surface area contributed by atoms with Crippen LogP contribution in [-0.2, 0) is 6.54 Å². The molecule has 0 saturated carbocycles. The molecule has 2 heterocycles. The standard InChI is InChI=1S/C18H15ClN6S/c19-15-8-6-14(7-9-15)17-22-23-18(25(17)16-4-2-1-3-5-16)26-11-10-24-13-20-12-21-24/h1-9,12-13H,10-11H2. The Morgan fingerprint density at radius 2 is 1.77 bits per heavy atom. The highest BCUT2D eigenvalue weighted by Crippen LogP contribution is 2.28. The first-order valence-electron chi connectivity index (χ1n) is 8.03. The molecule has 8 heteroatoms. The molecule has 0 bridgehead atoms. The van der Waals surface area contributed by atoms with Gasteiger partial charge in [-0.05, 0) is 36.4 Å². The van der Waals surface area contributed by atoms with E-state index in [0.29, 0.717) is 5.02 Å². The SMILES string of the molecule is Clc1ccc(-c2nnc(SCCn3cncn3)n2-c2ccccc2)cc1. The molecule has 0 amide bonds. The van der Waals surface area contributed by atoms with Crippen molar-refractivity contribution < 1.29 is 0 Å². The number of rotatable bonds is 6. The lowest BCUT2D eigenvalue weighted by atomic mass is 10.2. The number of hydrogen-bond acceptors (Lipinski definition) is 5. The number of hydrogen-bond donors (Lipinski definition) is 0. The van der Waals surface area contributed by atoms with Gasteiger partial charge in [0.15, 0.2) is 11.0 Å². The molecule has 0 atom stereocenters. The summed E-state index contributed by atoms with van der Waals surface area (Å²) in [5.41, 5.74) is 1.99. The zero-order valence-corrected chi connectivity index (χ0v) is 15.3. The minimum Gasteiger partial charge on any atom is -0.270 e. The van der Waals surface area contributed by atoms with Gasteiger partial charge in [0.2, 0.25) is 0 Å². The van der Waals surface area contributed by atoms with Gasteiger partial charge in [0.05, 0.1) is 6.54 Å². The molecular weight excluding hydrogens is 368 g/mol. The monoisotopic (exact) mass is 382 g/mol. The average molecular weight is 383 g/mol. The Kier molecular flexibility index (Phi) is 4.99. The number of aromatic nitrogens is 6. The van der Waals surface area contributed by atoms with Gasteiger partial charge in [-0.2, -0.15) is 5.10 Å². The highest BCUT2D eigenvalue weighted by atomic mass is 35.5. The Balaban J connectivity index is 1.66. The molecule has 0 radical (unpaired) electrons. The maximum Gasteiger partial charge on any atom is 0.196 e. The topological polar surface area (TPSA) is 61.4 Å². The smallest absolute Gasteiger partial charge is 0.196 e. The predicted octanol–water partition coefficient (Wildman–Crippen LogP) is 3.97. The van der Waals surface area contributed by atoms with E-state index >= 15 is 0 Å². The van der Waals surface area contributed by atoms with E-state index in [0.717, 1.165) is 34.5 Å². The number of para-hydroxylation sites is 1. The normalized spacial score (nSPS) is 11.0. The predicted molar refractivity (Wildman–Crippen MR) is 103 cm³/mol. The lowest BCUT2D eigenvalue weighted by Crippen LogP contribution is -2.03. The molecule has 0 aliphatic rings. The molecule has 0 fully saturated rings. The van der Waals surface area contributed by atoms with Crippen LogP contribution < -0.4 is 0 Å². The van der Waals surface area contributed by atoms with Crippen molar-refractivity contribution in [3.63, 3.8) is 0 Å². The number of aryl methyl sites for hydroxylation is 1. The third-order valence-electron chi connectivity index (χ3n) is 3.77. The average Bonchev–Trinajstić information content (AvgIpc) is 3.33. The van der Waals surface area contributed by atoms with Gasteiger partial charge in [-0.1, -0.05) is 41.6 Å². The van der Waals surface area contributed by atoms with Crippen molar-refractivity contribution in [1.29, 1.82) is 0 Å². The van der Waals surface area contributed by atoms with Crippen LogP contribution in [0.25, 0.3) is 17.1 Å². The molecule has 4 aromatic rings. The molecule has 26 heavy (non-hydrogen) atoms. The van der Waals surface area contributed by atoms with Crippen LogP contribution in [0.5, 0.6) is 0 Å². The summed E-state index contributed by atoms with van der Waals surface area (Å²) in [5.74, 6) is 1.60. The van der Waals surface area contributed by atoms with Crippen molar-refractivity contribution in [2.45, 2.75) is 11.7 Å². The van der Waals surface area contributed by atoms with E-state index in [2.05, 4.69) is 24.8 Å². The van der Waals surface area contributed by atoms with Crippen molar-refractivity contribution in [1.82, 2.24) is 29.5 Å². The summed E-state index contributed by atoms with van der Waals surface area (Å²) in [6.45, 7) is 0.753. The zero-order valence-electron chi connectivity index (χ0n) is 13.7. The molecule has 6 nitrogen and oxygen atoms in total. The van der Waals surface area contributed by atoms with Crippen LogP contribution in [0.15, 0.2) is 72.4 Å². The second kappa shape index (κ2) is 7.72. The summed E-state index contributed by atoms with van der Waals surface area (Å²) in [6, 6.07) is 17.7. The molecular formula is C18H15ClN6S. The highest BCUT2D eigenvalue weighted by molar-refractivity contribution is 7.99. The van der Waals surface area contributed by atoms with Gasteiger partial charge in [0.25, 0.3) is 0 Å². The van der Waals surface area contributed by atoms with Crippen LogP contribution in [0.4, 0.5) is 0 Å². The third kappa shape index (κ3) is 3.63. The Hall–Kier alpha value is -2.64. The second-order valence-corrected chi connectivity index (χ2v) is 6.99. The first kappa shape index (κ1) is 16.8. The summed E-state index contributed by atoms with van der Waals surface area (Å²) >= 11 is 7.65. The second-order valence-electron chi connectivity index (χ2n) is 5.49. The zero-order chi connectivity index (χ0) is 17.8. The van der Waals surface area contributed by atoms with Crippen molar-refractivity contribution in [3.8, 4) is 17.1 Å². The lowest BCUT2D eigenvalue weighted by molar-refractivity contribution is 0.663. The van der Waals surface area contributed by atoms with Crippen molar-refractivity contribution in [2.24, 2.45) is 0 Å². The molecule has 2 aromatic carbocycles. The van der Waals surface area contributed by atoms with E-state index in [1.165, 1.54) is 6.33 Å². The Bertz CT molecular complexity index is 967. The molecule has 130 valence electrons. The van der Waals surface area contributed by atoms with Crippen LogP contribution in [0, 0.1) is 0 Å². The minimum absolute atomic E-state index is 0.696. The maximum atomic E-state index is 6.02. The van der Waals surface area contributed by atoms with Gasteiger partial charge in [-0.15, -0.1) is 10.2 Å². The molecule has 0 aliphatic carbocycles. The lowest BCUT2D eigenvalue weighted by Gasteiger charge is -2.10. The molecule has 0 unspecified atom stereocenters. The number of benzene rings is 2. The summed E-state index contributed by atoms with van der Waals surface area (Å²) in [7, 11) is 0. The molecule has 0 spiro atoms. The van der Waals surface area contributed by atoms with E-state index in [1.54, 1.807) is 22.8 Å². The van der Waals surface area contributed by atoms with Crippen LogP contribution in [0.1, 0.15) is 0 Å². The minimum atomic E-state index is 0.696. The van der Waals surface area contributed by atoms with E-state index < -0.39 is 0 Å². The van der Waals surface area contributed by atoms with Gasteiger partial charge < -0.3 is 0 Å². The molecule has 0 saturated heterocycles. The van der Waals surface area contributed by atoms with Crippen LogP contribution in [-0.4, -0.2) is 35.3 Å². The molecule has 0 aliphatic heterocycles. The Labute approximate surface area is 159 Å². The summed E-state index contributed by atoms with van der Waals surface area (Å²) in [4.78, 5) is 3.96. The maximum absolute atomic E-state index is 6.02. The van der Waals surface area contributed by atoms with E-state index in [4.69, 9.17) is 11.6 Å². The van der Waals surface area contributed by atoms with Gasteiger partial charge in [-0.3, -0.25) is 9.25 Å². The van der Waals surface area contributed by atoms with Crippen molar-refractivity contribution >= 4 is 23.4 Å². The Morgan fingerprint density at radius 3 is 2.50 bits per heavy atom. The summed E-state index contributed by atoms with van der Waals surface area (Å²) in [6.07, 6.45) is 3.25. The van der Waals surface area contributed by atoms with Crippen LogP contribution >= 0.6 is 23.4 Å². The summed E-state index contributed by atoms with van der Waals surface area (Å²) in [5, 5.41) is 14.5. The van der Waals surface area contributed by atoms with E-state index in [9.17, 15) is 0 Å². The molecule has 4 rings (SSSR count). The van der Waals surface area contributed by atoms with Gasteiger partial charge in [-0.25, -0.2) is 4.98 Å². The first-order chi connectivity index (χ1) is 12.8. The van der Waals surface area contributed by atoms with Gasteiger partial charge in [0, 0.05) is 22.0 Å². The van der Waals surface area contributed by atoms with Crippen LogP contribution in [0.2, 0.25) is 5.02 Å². The fourth-order valence-corrected chi connectivity index (χ4v) is 3.54. The van der Waals surface area contributed by atoms with Crippen molar-refractivity contribution in [2.75, 3.05) is 5.75 Å². The van der Waals surface area contributed by atoms with Gasteiger partial charge >= 0.3 is 0 Å². The number of thioether (sulfide) groups is 1. The molecule has 2 aromatic heterocycles. The molecule has 0 N–H and O–H groups in total. The highest BCUT2D eigenvalue weighted by Gasteiger charge is 2.16. The largest absolute Gasteiger partial charge is 0.270 e. The third-order valence-corrected chi connectivity index (χ3v) is 4.93. The fraction of sp³-hybridized carbons (Fsp3) is 0.111. The van der Waals surface area contributed by atoms with Gasteiger partial charge in [0.1, 0.15) is 12.7 Å². The first-order valence-corrected chi connectivity index (χ1v) is 9.39. The fourth-order valence-electron chi connectivity index (χ4n) is 2.54.